The monoisotopic (exact) mass is 269 g/mol. The zero-order valence-corrected chi connectivity index (χ0v) is 11.7. The lowest BCUT2D eigenvalue weighted by Gasteiger charge is -2.05. The molecular weight excluding hydrogens is 250 g/mol. The quantitative estimate of drug-likeness (QED) is 0.763. The summed E-state index contributed by atoms with van der Waals surface area (Å²) in [5.74, 6) is 1.11. The number of nitrogens with two attached hydrogens (primary N) is 1. The van der Waals surface area contributed by atoms with Crippen molar-refractivity contribution in [2.45, 2.75) is 26.3 Å². The summed E-state index contributed by atoms with van der Waals surface area (Å²) in [7, 11) is 1.57. The number of ether oxygens (including phenoxy) is 1. The van der Waals surface area contributed by atoms with Crippen molar-refractivity contribution >= 4 is 27.9 Å². The Balaban J connectivity index is 2.23. The summed E-state index contributed by atoms with van der Waals surface area (Å²) in [6.07, 6.45) is 1.15. The van der Waals surface area contributed by atoms with E-state index in [1.165, 1.54) is 11.3 Å². The Kier molecular flexibility index (Phi) is 3.65. The van der Waals surface area contributed by atoms with Crippen LogP contribution in [-0.4, -0.2) is 25.6 Å². The van der Waals surface area contributed by atoms with Crippen molar-refractivity contribution in [3.63, 3.8) is 0 Å². The van der Waals surface area contributed by atoms with Gasteiger partial charge in [0, 0.05) is 12.6 Å². The highest BCUT2D eigenvalue weighted by molar-refractivity contribution is 7.19. The number of carbonyl (C=O) groups excluding carboxylic acids is 1. The van der Waals surface area contributed by atoms with Gasteiger partial charge < -0.3 is 21.1 Å². The third kappa shape index (κ3) is 2.38. The van der Waals surface area contributed by atoms with Crippen molar-refractivity contribution in [2.75, 3.05) is 24.7 Å². The van der Waals surface area contributed by atoms with Crippen LogP contribution in [0.2, 0.25) is 0 Å². The molecule has 0 aliphatic heterocycles. The molecule has 1 fully saturated rings. The van der Waals surface area contributed by atoms with E-state index in [-0.39, 0.29) is 5.91 Å². The fourth-order valence-electron chi connectivity index (χ4n) is 1.83. The predicted octanol–water partition coefficient (Wildman–Crippen LogP) is 1.91. The van der Waals surface area contributed by atoms with E-state index in [1.54, 1.807) is 7.11 Å². The fourth-order valence-corrected chi connectivity index (χ4v) is 2.90. The minimum atomic E-state index is -0.143. The van der Waals surface area contributed by atoms with Crippen molar-refractivity contribution in [1.82, 2.24) is 5.32 Å². The molecule has 1 heterocycles. The van der Waals surface area contributed by atoms with Crippen LogP contribution in [0, 0.1) is 5.92 Å². The van der Waals surface area contributed by atoms with Gasteiger partial charge in [-0.15, -0.1) is 11.3 Å². The van der Waals surface area contributed by atoms with E-state index in [0.29, 0.717) is 34.8 Å². The van der Waals surface area contributed by atoms with Gasteiger partial charge in [0.25, 0.3) is 5.91 Å². The van der Waals surface area contributed by atoms with Gasteiger partial charge in [-0.05, 0) is 19.3 Å². The van der Waals surface area contributed by atoms with Gasteiger partial charge in [0.05, 0.1) is 7.11 Å². The van der Waals surface area contributed by atoms with E-state index in [9.17, 15) is 4.79 Å². The third-order valence-electron chi connectivity index (χ3n) is 3.07. The highest BCUT2D eigenvalue weighted by Crippen LogP contribution is 2.45. The van der Waals surface area contributed by atoms with Crippen LogP contribution in [0.15, 0.2) is 0 Å². The predicted molar refractivity (Wildman–Crippen MR) is 74.5 cm³/mol. The smallest absolute Gasteiger partial charge is 0.263 e. The maximum atomic E-state index is 11.8. The van der Waals surface area contributed by atoms with E-state index in [4.69, 9.17) is 10.5 Å². The third-order valence-corrected chi connectivity index (χ3v) is 4.19. The molecule has 0 spiro atoms. The summed E-state index contributed by atoms with van der Waals surface area (Å²) in [4.78, 5) is 12.4. The lowest BCUT2D eigenvalue weighted by Crippen LogP contribution is -2.22. The number of anilines is 2. The van der Waals surface area contributed by atoms with E-state index >= 15 is 0 Å². The Morgan fingerprint density at radius 1 is 1.61 bits per heavy atom. The first-order valence-corrected chi connectivity index (χ1v) is 6.91. The summed E-state index contributed by atoms with van der Waals surface area (Å²) in [5.41, 5.74) is 6.38. The summed E-state index contributed by atoms with van der Waals surface area (Å²) < 4.78 is 5.29. The zero-order valence-electron chi connectivity index (χ0n) is 10.9. The maximum Gasteiger partial charge on any atom is 0.263 e. The Labute approximate surface area is 111 Å². The molecule has 18 heavy (non-hydrogen) atoms. The number of rotatable bonds is 5. The molecule has 1 amide bonds. The Bertz CT molecular complexity index is 458. The lowest BCUT2D eigenvalue weighted by molar-refractivity contribution is 0.0960. The standard InChI is InChI=1S/C12H19N3O2S/c1-4-14-11(16)10-8(13)9(17-3)12(18-10)15-7-5-6(7)2/h6-7,15H,4-5,13H2,1-3H3,(H,14,16). The van der Waals surface area contributed by atoms with Gasteiger partial charge in [-0.3, -0.25) is 4.79 Å². The molecule has 6 heteroatoms. The normalized spacial score (nSPS) is 21.5. The molecule has 1 aliphatic rings. The minimum Gasteiger partial charge on any atom is -0.492 e. The van der Waals surface area contributed by atoms with Crippen LogP contribution in [-0.2, 0) is 0 Å². The number of thiophene rings is 1. The van der Waals surface area contributed by atoms with Crippen LogP contribution in [0.5, 0.6) is 5.75 Å². The lowest BCUT2D eigenvalue weighted by atomic mass is 10.3. The highest BCUT2D eigenvalue weighted by atomic mass is 32.1. The first-order valence-electron chi connectivity index (χ1n) is 6.09. The van der Waals surface area contributed by atoms with Gasteiger partial charge in [0.2, 0.25) is 0 Å². The number of nitrogen functional groups attached to an aromatic ring is 1. The van der Waals surface area contributed by atoms with Crippen molar-refractivity contribution < 1.29 is 9.53 Å². The molecule has 1 aromatic heterocycles. The van der Waals surface area contributed by atoms with Gasteiger partial charge in [0.1, 0.15) is 15.6 Å². The minimum absolute atomic E-state index is 0.143. The van der Waals surface area contributed by atoms with Crippen molar-refractivity contribution in [2.24, 2.45) is 5.92 Å². The van der Waals surface area contributed by atoms with E-state index in [2.05, 4.69) is 17.6 Å². The molecule has 4 N–H and O–H groups in total. The average Bonchev–Trinajstić information content (AvgIpc) is 2.91. The molecule has 2 rings (SSSR count). The Morgan fingerprint density at radius 3 is 2.78 bits per heavy atom. The van der Waals surface area contributed by atoms with Gasteiger partial charge in [-0.25, -0.2) is 0 Å². The second kappa shape index (κ2) is 5.06. The first-order chi connectivity index (χ1) is 8.58. The van der Waals surface area contributed by atoms with E-state index in [0.717, 1.165) is 11.4 Å². The fraction of sp³-hybridized carbons (Fsp3) is 0.583. The molecule has 0 radical (unpaired) electrons. The molecule has 5 nitrogen and oxygen atoms in total. The molecule has 2 atom stereocenters. The molecule has 0 saturated heterocycles. The summed E-state index contributed by atoms with van der Waals surface area (Å²) in [6.45, 7) is 4.65. The molecular formula is C12H19N3O2S. The van der Waals surface area contributed by atoms with E-state index < -0.39 is 0 Å². The summed E-state index contributed by atoms with van der Waals surface area (Å²) >= 11 is 1.36. The summed E-state index contributed by atoms with van der Waals surface area (Å²) in [5, 5.41) is 6.98. The number of hydrogen-bond acceptors (Lipinski definition) is 5. The van der Waals surface area contributed by atoms with Crippen molar-refractivity contribution in [1.29, 1.82) is 0 Å². The van der Waals surface area contributed by atoms with Gasteiger partial charge in [0.15, 0.2) is 5.75 Å². The second-order valence-corrected chi connectivity index (χ2v) is 5.55. The summed E-state index contributed by atoms with van der Waals surface area (Å²) in [6, 6.07) is 0.471. The number of hydrogen-bond donors (Lipinski definition) is 3. The highest BCUT2D eigenvalue weighted by Gasteiger charge is 2.34. The van der Waals surface area contributed by atoms with Gasteiger partial charge in [-0.1, -0.05) is 6.92 Å². The van der Waals surface area contributed by atoms with Crippen LogP contribution in [0.25, 0.3) is 0 Å². The second-order valence-electron chi connectivity index (χ2n) is 4.53. The number of methoxy groups -OCH3 is 1. The van der Waals surface area contributed by atoms with Crippen molar-refractivity contribution in [3.05, 3.63) is 4.88 Å². The molecule has 1 saturated carbocycles. The molecule has 100 valence electrons. The molecule has 0 aromatic carbocycles. The van der Waals surface area contributed by atoms with Crippen LogP contribution >= 0.6 is 11.3 Å². The van der Waals surface area contributed by atoms with Crippen LogP contribution in [0.1, 0.15) is 29.9 Å². The topological polar surface area (TPSA) is 76.4 Å². The first kappa shape index (κ1) is 13.0. The number of carbonyl (C=O) groups is 1. The van der Waals surface area contributed by atoms with Crippen LogP contribution < -0.4 is 21.1 Å². The van der Waals surface area contributed by atoms with Crippen LogP contribution in [0.3, 0.4) is 0 Å². The van der Waals surface area contributed by atoms with Gasteiger partial charge >= 0.3 is 0 Å². The molecule has 2 unspecified atom stereocenters. The zero-order chi connectivity index (χ0) is 13.3. The largest absolute Gasteiger partial charge is 0.492 e. The van der Waals surface area contributed by atoms with Crippen LogP contribution in [0.4, 0.5) is 10.7 Å². The molecule has 1 aromatic rings. The average molecular weight is 269 g/mol. The Hall–Kier alpha value is -1.43. The molecule has 1 aliphatic carbocycles. The SMILES string of the molecule is CCNC(=O)c1sc(NC2CC2C)c(OC)c1N. The van der Waals surface area contributed by atoms with Gasteiger partial charge in [-0.2, -0.15) is 0 Å². The maximum absolute atomic E-state index is 11.8. The Morgan fingerprint density at radius 2 is 2.28 bits per heavy atom. The number of amides is 1. The molecule has 0 bridgehead atoms. The van der Waals surface area contributed by atoms with E-state index in [1.807, 2.05) is 6.92 Å². The number of nitrogens with one attached hydrogen (secondary N) is 2. The van der Waals surface area contributed by atoms with Crippen molar-refractivity contribution in [3.8, 4) is 5.75 Å².